The smallest absolute Gasteiger partial charge is 0.237 e. The first-order valence-corrected chi connectivity index (χ1v) is 9.72. The van der Waals surface area contributed by atoms with Crippen LogP contribution in [0.25, 0.3) is 0 Å². The van der Waals surface area contributed by atoms with E-state index in [4.69, 9.17) is 0 Å². The van der Waals surface area contributed by atoms with Crippen LogP contribution in [0, 0.1) is 13.8 Å². The summed E-state index contributed by atoms with van der Waals surface area (Å²) in [6.45, 7) is 7.89. The van der Waals surface area contributed by atoms with Crippen molar-refractivity contribution < 1.29 is 9.59 Å². The number of rotatable bonds is 7. The Morgan fingerprint density at radius 3 is 2.54 bits per heavy atom. The minimum atomic E-state index is -0.253. The van der Waals surface area contributed by atoms with Crippen molar-refractivity contribution in [3.8, 4) is 0 Å². The minimum absolute atomic E-state index is 0.00960. The topological polar surface area (TPSA) is 58.2 Å². The Balaban J connectivity index is 2.00. The molecule has 26 heavy (non-hydrogen) atoms. The van der Waals surface area contributed by atoms with E-state index < -0.39 is 0 Å². The molecule has 0 aliphatic rings. The van der Waals surface area contributed by atoms with Crippen molar-refractivity contribution in [2.45, 2.75) is 50.7 Å². The number of anilines is 2. The van der Waals surface area contributed by atoms with Crippen molar-refractivity contribution in [2.24, 2.45) is 0 Å². The molecule has 0 heterocycles. The number of hydrogen-bond acceptors (Lipinski definition) is 3. The fourth-order valence-electron chi connectivity index (χ4n) is 2.48. The van der Waals surface area contributed by atoms with Gasteiger partial charge in [-0.3, -0.25) is 9.59 Å². The second-order valence-electron chi connectivity index (χ2n) is 6.32. The van der Waals surface area contributed by atoms with Gasteiger partial charge in [-0.1, -0.05) is 25.1 Å². The van der Waals surface area contributed by atoms with Gasteiger partial charge in [-0.05, 0) is 62.6 Å². The molecule has 0 spiro atoms. The number of thioether (sulfide) groups is 1. The second-order valence-corrected chi connectivity index (χ2v) is 7.74. The summed E-state index contributed by atoms with van der Waals surface area (Å²) in [5, 5.41) is 5.64. The van der Waals surface area contributed by atoms with Gasteiger partial charge in [-0.25, -0.2) is 0 Å². The van der Waals surface area contributed by atoms with Crippen LogP contribution in [0.1, 0.15) is 37.8 Å². The highest BCUT2D eigenvalue weighted by Crippen LogP contribution is 2.27. The molecule has 1 atom stereocenters. The van der Waals surface area contributed by atoms with E-state index >= 15 is 0 Å². The molecule has 138 valence electrons. The Morgan fingerprint density at radius 1 is 1.08 bits per heavy atom. The molecule has 4 nitrogen and oxygen atoms in total. The van der Waals surface area contributed by atoms with Gasteiger partial charge in [-0.15, -0.1) is 11.8 Å². The number of hydrogen-bond donors (Lipinski definition) is 2. The third-order valence-corrected chi connectivity index (χ3v) is 5.23. The van der Waals surface area contributed by atoms with Crippen molar-refractivity contribution in [1.29, 1.82) is 0 Å². The van der Waals surface area contributed by atoms with E-state index in [9.17, 15) is 9.59 Å². The third-order valence-electron chi connectivity index (χ3n) is 4.14. The summed E-state index contributed by atoms with van der Waals surface area (Å²) >= 11 is 1.47. The van der Waals surface area contributed by atoms with Crippen molar-refractivity contribution in [2.75, 3.05) is 10.6 Å². The van der Waals surface area contributed by atoms with Gasteiger partial charge in [0.1, 0.15) is 0 Å². The van der Waals surface area contributed by atoms with E-state index in [2.05, 4.69) is 10.6 Å². The van der Waals surface area contributed by atoms with Crippen LogP contribution in [0.2, 0.25) is 0 Å². The van der Waals surface area contributed by atoms with E-state index in [1.165, 1.54) is 11.8 Å². The maximum Gasteiger partial charge on any atom is 0.237 e. The molecule has 5 heteroatoms. The number of carbonyl (C=O) groups is 2. The van der Waals surface area contributed by atoms with Crippen LogP contribution >= 0.6 is 11.8 Å². The Hall–Kier alpha value is -2.27. The van der Waals surface area contributed by atoms with Crippen molar-refractivity contribution in [3.63, 3.8) is 0 Å². The highest BCUT2D eigenvalue weighted by Gasteiger charge is 2.16. The first kappa shape index (κ1) is 20.0. The fourth-order valence-corrected chi connectivity index (χ4v) is 3.40. The first-order valence-electron chi connectivity index (χ1n) is 8.84. The van der Waals surface area contributed by atoms with Crippen molar-refractivity contribution in [3.05, 3.63) is 53.6 Å². The lowest BCUT2D eigenvalue weighted by atomic mass is 10.1. The lowest BCUT2D eigenvalue weighted by Gasteiger charge is -2.15. The van der Waals surface area contributed by atoms with E-state index in [1.807, 2.05) is 70.2 Å². The molecule has 0 aromatic heterocycles. The summed E-state index contributed by atoms with van der Waals surface area (Å²) < 4.78 is 0. The molecule has 0 bridgehead atoms. The number of carbonyl (C=O) groups excluding carboxylic acids is 2. The number of amides is 2. The zero-order chi connectivity index (χ0) is 19.1. The molecule has 2 aromatic carbocycles. The van der Waals surface area contributed by atoms with Gasteiger partial charge in [0, 0.05) is 22.7 Å². The van der Waals surface area contributed by atoms with Crippen LogP contribution in [0.3, 0.4) is 0 Å². The normalized spacial score (nSPS) is 11.7. The summed E-state index contributed by atoms with van der Waals surface area (Å²) in [7, 11) is 0. The monoisotopic (exact) mass is 370 g/mol. The Labute approximate surface area is 159 Å². The molecule has 0 saturated heterocycles. The Morgan fingerprint density at radius 2 is 1.81 bits per heavy atom. The van der Waals surface area contributed by atoms with Gasteiger partial charge in [0.15, 0.2) is 0 Å². The van der Waals surface area contributed by atoms with Crippen LogP contribution in [0.5, 0.6) is 0 Å². The summed E-state index contributed by atoms with van der Waals surface area (Å²) in [6.07, 6.45) is 1.32. The Kier molecular flexibility index (Phi) is 7.27. The molecule has 0 fully saturated rings. The Bertz CT molecular complexity index is 789. The fraction of sp³-hybridized carbons (Fsp3) is 0.333. The molecule has 1 unspecified atom stereocenters. The van der Waals surface area contributed by atoms with Gasteiger partial charge >= 0.3 is 0 Å². The molecular formula is C21H26N2O2S. The minimum Gasteiger partial charge on any atom is -0.326 e. The van der Waals surface area contributed by atoms with E-state index in [0.29, 0.717) is 6.42 Å². The molecule has 2 aromatic rings. The largest absolute Gasteiger partial charge is 0.326 e. The van der Waals surface area contributed by atoms with Crippen LogP contribution in [0.4, 0.5) is 11.4 Å². The van der Waals surface area contributed by atoms with Crippen LogP contribution in [0.15, 0.2) is 47.4 Å². The van der Waals surface area contributed by atoms with Crippen LogP contribution < -0.4 is 10.6 Å². The number of nitrogens with one attached hydrogen (secondary N) is 2. The van der Waals surface area contributed by atoms with Gasteiger partial charge < -0.3 is 10.6 Å². The standard InChI is InChI=1S/C21H26N2O2S/c1-5-8-20(24)22-17-10-7-11-18(13-17)26-16(4)21(25)23-19-12-6-9-14(2)15(19)3/h6-7,9-13,16H,5,8H2,1-4H3,(H,22,24)(H,23,25). The van der Waals surface area contributed by atoms with Crippen molar-refractivity contribution in [1.82, 2.24) is 0 Å². The number of benzene rings is 2. The summed E-state index contributed by atoms with van der Waals surface area (Å²) in [5.74, 6) is -0.0283. The van der Waals surface area contributed by atoms with Crippen LogP contribution in [-0.2, 0) is 9.59 Å². The highest BCUT2D eigenvalue weighted by molar-refractivity contribution is 8.00. The van der Waals surface area contributed by atoms with Gasteiger partial charge in [0.05, 0.1) is 5.25 Å². The van der Waals surface area contributed by atoms with E-state index in [1.54, 1.807) is 0 Å². The van der Waals surface area contributed by atoms with Gasteiger partial charge in [0.2, 0.25) is 11.8 Å². The van der Waals surface area contributed by atoms with Gasteiger partial charge in [-0.2, -0.15) is 0 Å². The summed E-state index contributed by atoms with van der Waals surface area (Å²) in [5.41, 5.74) is 3.84. The zero-order valence-corrected chi connectivity index (χ0v) is 16.6. The molecular weight excluding hydrogens is 344 g/mol. The molecule has 2 amide bonds. The molecule has 0 aliphatic carbocycles. The third kappa shape index (κ3) is 5.63. The molecule has 0 saturated carbocycles. The quantitative estimate of drug-likeness (QED) is 0.662. The predicted octanol–water partition coefficient (Wildman–Crippen LogP) is 5.16. The number of aryl methyl sites for hydroxylation is 1. The predicted molar refractivity (Wildman–Crippen MR) is 110 cm³/mol. The molecule has 0 radical (unpaired) electrons. The van der Waals surface area contributed by atoms with E-state index in [0.717, 1.165) is 33.8 Å². The lowest BCUT2D eigenvalue weighted by Crippen LogP contribution is -2.23. The highest BCUT2D eigenvalue weighted by atomic mass is 32.2. The molecule has 2 N–H and O–H groups in total. The van der Waals surface area contributed by atoms with E-state index in [-0.39, 0.29) is 17.1 Å². The average Bonchev–Trinajstić information content (AvgIpc) is 2.59. The summed E-state index contributed by atoms with van der Waals surface area (Å²) in [6, 6.07) is 13.5. The van der Waals surface area contributed by atoms with Crippen molar-refractivity contribution >= 4 is 35.0 Å². The average molecular weight is 371 g/mol. The van der Waals surface area contributed by atoms with Gasteiger partial charge in [0.25, 0.3) is 0 Å². The van der Waals surface area contributed by atoms with Crippen LogP contribution in [-0.4, -0.2) is 17.1 Å². The molecule has 0 aliphatic heterocycles. The molecule has 2 rings (SSSR count). The zero-order valence-electron chi connectivity index (χ0n) is 15.8. The first-order chi connectivity index (χ1) is 12.4. The SMILES string of the molecule is CCCC(=O)Nc1cccc(SC(C)C(=O)Nc2cccc(C)c2C)c1. The maximum absolute atomic E-state index is 12.5. The maximum atomic E-state index is 12.5. The second kappa shape index (κ2) is 9.43. The lowest BCUT2D eigenvalue weighted by molar-refractivity contribution is -0.116. The summed E-state index contributed by atoms with van der Waals surface area (Å²) in [4.78, 5) is 25.2.